The van der Waals surface area contributed by atoms with Gasteiger partial charge in [-0.15, -0.1) is 0 Å². The van der Waals surface area contributed by atoms with Gasteiger partial charge in [0.05, 0.1) is 5.56 Å². The van der Waals surface area contributed by atoms with Crippen LogP contribution in [-0.2, 0) is 10.0 Å². The summed E-state index contributed by atoms with van der Waals surface area (Å²) in [6.07, 6.45) is 2.31. The fraction of sp³-hybridized carbons (Fsp3) is 0.348. The Hall–Kier alpha value is -3.20. The number of piperidine rings is 1. The largest absolute Gasteiger partial charge is 0.382 e. The Morgan fingerprint density at radius 1 is 1.22 bits per heavy atom. The summed E-state index contributed by atoms with van der Waals surface area (Å²) in [7, 11) is -1.89. The molecule has 2 aromatic heterocycles. The molecular weight excluding hydrogens is 524 g/mol. The zero-order valence-electron chi connectivity index (χ0n) is 20.0. The number of nitrogen functional groups attached to an aromatic ring is 1. The normalized spacial score (nSPS) is 15.0. The summed E-state index contributed by atoms with van der Waals surface area (Å²) >= 11 is 0.902. The van der Waals surface area contributed by atoms with E-state index in [0.717, 1.165) is 23.5 Å². The van der Waals surface area contributed by atoms with E-state index < -0.39 is 33.0 Å². The molecule has 3 aromatic rings. The molecule has 0 unspecified atom stereocenters. The number of nitrogens with zero attached hydrogens (tertiary/aromatic N) is 4. The number of hydrogen-bond acceptors (Lipinski definition) is 10. The number of hydrogen-bond donors (Lipinski definition) is 3. The fourth-order valence-corrected chi connectivity index (χ4v) is 6.33. The third-order valence-corrected chi connectivity index (χ3v) is 8.93. The minimum atomic E-state index is -3.71. The number of rotatable bonds is 9. The van der Waals surface area contributed by atoms with Crippen LogP contribution < -0.4 is 21.7 Å². The number of nitrogens with two attached hydrogens (primary N) is 2. The first-order chi connectivity index (χ1) is 17.6. The van der Waals surface area contributed by atoms with Gasteiger partial charge in [0.25, 0.3) is 0 Å². The van der Waals surface area contributed by atoms with Gasteiger partial charge in [0, 0.05) is 45.5 Å². The zero-order chi connectivity index (χ0) is 26.7. The second-order valence-electron chi connectivity index (χ2n) is 8.54. The maximum Gasteiger partial charge on any atom is 0.244 e. The lowest BCUT2D eigenvalue weighted by molar-refractivity contribution is 0.103. The van der Waals surface area contributed by atoms with Crippen LogP contribution in [-0.4, -0.2) is 67.7 Å². The zero-order valence-corrected chi connectivity index (χ0v) is 21.7. The van der Waals surface area contributed by atoms with Gasteiger partial charge in [-0.3, -0.25) is 4.79 Å². The molecule has 0 atom stereocenters. The molecule has 0 spiro atoms. The number of thiazole rings is 1. The number of carbonyl (C=O) groups excluding carboxylic acids is 1. The summed E-state index contributed by atoms with van der Waals surface area (Å²) < 4.78 is 55.6. The lowest BCUT2D eigenvalue weighted by Crippen LogP contribution is -2.42. The molecule has 3 heterocycles. The van der Waals surface area contributed by atoms with Crippen LogP contribution in [0, 0.1) is 11.6 Å². The van der Waals surface area contributed by atoms with Crippen molar-refractivity contribution in [2.45, 2.75) is 23.8 Å². The van der Waals surface area contributed by atoms with Gasteiger partial charge in [0.15, 0.2) is 5.13 Å². The Morgan fingerprint density at radius 2 is 1.89 bits per heavy atom. The van der Waals surface area contributed by atoms with Crippen LogP contribution in [0.4, 0.5) is 25.5 Å². The summed E-state index contributed by atoms with van der Waals surface area (Å²) in [5.41, 5.74) is 10.7. The van der Waals surface area contributed by atoms with E-state index in [-0.39, 0.29) is 34.7 Å². The average molecular weight is 552 g/mol. The lowest BCUT2D eigenvalue weighted by atomic mass is 10.1. The second kappa shape index (κ2) is 11.0. The van der Waals surface area contributed by atoms with Gasteiger partial charge in [-0.25, -0.2) is 27.2 Å². The first kappa shape index (κ1) is 26.9. The van der Waals surface area contributed by atoms with Crippen LogP contribution in [0.15, 0.2) is 41.4 Å². The monoisotopic (exact) mass is 551 g/mol. The van der Waals surface area contributed by atoms with Crippen LogP contribution in [0.2, 0.25) is 0 Å². The molecular formula is C23H27F2N7O3S2. The number of likely N-dealkylation sites (N-methyl/N-ethyl adjacent to an activating group) is 1. The maximum atomic E-state index is 14.0. The highest BCUT2D eigenvalue weighted by Crippen LogP contribution is 2.31. The molecule has 0 aliphatic carbocycles. The highest BCUT2D eigenvalue weighted by molar-refractivity contribution is 7.89. The molecule has 1 saturated heterocycles. The molecule has 1 aliphatic rings. The van der Waals surface area contributed by atoms with E-state index in [2.05, 4.69) is 15.3 Å². The molecule has 0 amide bonds. The van der Waals surface area contributed by atoms with E-state index in [1.54, 1.807) is 6.07 Å². The number of anilines is 3. The molecule has 1 aromatic carbocycles. The van der Waals surface area contributed by atoms with Crippen molar-refractivity contribution in [3.63, 3.8) is 0 Å². The first-order valence-electron chi connectivity index (χ1n) is 11.5. The Labute approximate surface area is 217 Å². The number of carbonyl (C=O) groups is 1. The highest BCUT2D eigenvalue weighted by atomic mass is 32.2. The standard InChI is InChI=1S/C23H27F2N7O3S2/c1-31(12-9-26)18-6-5-15(13-28-18)37(34,35)32-10-7-14(8-11-32)29-23-30-22(27)21(36-23)20(33)19-16(24)3-2-4-17(19)25/h2-6,13-14H,7-12,26-27H2,1H3,(H,29,30). The van der Waals surface area contributed by atoms with Crippen molar-refractivity contribution in [2.75, 3.05) is 49.2 Å². The van der Waals surface area contributed by atoms with Crippen LogP contribution in [0.25, 0.3) is 0 Å². The summed E-state index contributed by atoms with van der Waals surface area (Å²) in [6, 6.07) is 6.22. The van der Waals surface area contributed by atoms with Gasteiger partial charge in [0.2, 0.25) is 15.8 Å². The smallest absolute Gasteiger partial charge is 0.244 e. The predicted octanol–water partition coefficient (Wildman–Crippen LogP) is 2.29. The molecule has 1 aliphatic heterocycles. The van der Waals surface area contributed by atoms with Gasteiger partial charge in [-0.2, -0.15) is 4.31 Å². The van der Waals surface area contributed by atoms with Crippen molar-refractivity contribution in [2.24, 2.45) is 5.73 Å². The van der Waals surface area contributed by atoms with Crippen LogP contribution in [0.5, 0.6) is 0 Å². The van der Waals surface area contributed by atoms with Crippen LogP contribution in [0.3, 0.4) is 0 Å². The van der Waals surface area contributed by atoms with E-state index >= 15 is 0 Å². The van der Waals surface area contributed by atoms with Crippen molar-refractivity contribution >= 4 is 43.9 Å². The van der Waals surface area contributed by atoms with E-state index in [1.165, 1.54) is 22.6 Å². The van der Waals surface area contributed by atoms with Crippen molar-refractivity contribution in [1.82, 2.24) is 14.3 Å². The Morgan fingerprint density at radius 3 is 2.49 bits per heavy atom. The van der Waals surface area contributed by atoms with Crippen molar-refractivity contribution in [3.05, 3.63) is 58.6 Å². The lowest BCUT2D eigenvalue weighted by Gasteiger charge is -2.31. The van der Waals surface area contributed by atoms with Gasteiger partial charge in [-0.05, 0) is 37.1 Å². The molecule has 37 heavy (non-hydrogen) atoms. The number of halogens is 2. The second-order valence-corrected chi connectivity index (χ2v) is 11.5. The third kappa shape index (κ3) is 5.71. The molecule has 10 nitrogen and oxygen atoms in total. The van der Waals surface area contributed by atoms with E-state index in [1.807, 2.05) is 11.9 Å². The SMILES string of the molecule is CN(CCN)c1ccc(S(=O)(=O)N2CCC(Nc3nc(N)c(C(=O)c4c(F)cccc4F)s3)CC2)cn1. The van der Waals surface area contributed by atoms with Gasteiger partial charge in [-0.1, -0.05) is 17.4 Å². The first-order valence-corrected chi connectivity index (χ1v) is 13.8. The summed E-state index contributed by atoms with van der Waals surface area (Å²) in [6.45, 7) is 1.58. The molecule has 0 bridgehead atoms. The van der Waals surface area contributed by atoms with E-state index in [0.29, 0.717) is 36.9 Å². The highest BCUT2D eigenvalue weighted by Gasteiger charge is 2.31. The van der Waals surface area contributed by atoms with Gasteiger partial charge >= 0.3 is 0 Å². The molecule has 0 radical (unpaired) electrons. The van der Waals surface area contributed by atoms with Crippen LogP contribution >= 0.6 is 11.3 Å². The molecule has 5 N–H and O–H groups in total. The van der Waals surface area contributed by atoms with Crippen molar-refractivity contribution in [3.8, 4) is 0 Å². The number of ketones is 1. The molecule has 4 rings (SSSR count). The average Bonchev–Trinajstić information content (AvgIpc) is 3.24. The fourth-order valence-electron chi connectivity index (χ4n) is 4.01. The molecule has 14 heteroatoms. The summed E-state index contributed by atoms with van der Waals surface area (Å²) in [4.78, 5) is 22.9. The molecule has 0 saturated carbocycles. The number of benzene rings is 1. The molecule has 1 fully saturated rings. The van der Waals surface area contributed by atoms with Crippen molar-refractivity contribution < 1.29 is 22.0 Å². The quantitative estimate of drug-likeness (QED) is 0.341. The number of aromatic nitrogens is 2. The minimum absolute atomic E-state index is 0.0698. The number of nitrogens with one attached hydrogen (secondary N) is 1. The van der Waals surface area contributed by atoms with Crippen LogP contribution in [0.1, 0.15) is 28.1 Å². The van der Waals surface area contributed by atoms with Crippen molar-refractivity contribution in [1.29, 1.82) is 0 Å². The Bertz CT molecular complexity index is 1360. The maximum absolute atomic E-state index is 14.0. The van der Waals surface area contributed by atoms with Gasteiger partial charge in [0.1, 0.15) is 33.0 Å². The summed E-state index contributed by atoms with van der Waals surface area (Å²) in [5.74, 6) is -2.34. The van der Waals surface area contributed by atoms with Gasteiger partial charge < -0.3 is 21.7 Å². The van der Waals surface area contributed by atoms with E-state index in [4.69, 9.17) is 11.5 Å². The minimum Gasteiger partial charge on any atom is -0.382 e. The number of pyridine rings is 1. The topological polar surface area (TPSA) is 148 Å². The summed E-state index contributed by atoms with van der Waals surface area (Å²) in [5, 5.41) is 3.48. The Balaban J connectivity index is 1.39. The van der Waals surface area contributed by atoms with E-state index in [9.17, 15) is 22.0 Å². The number of sulfonamides is 1. The molecule has 198 valence electrons. The predicted molar refractivity (Wildman–Crippen MR) is 138 cm³/mol. The third-order valence-electron chi connectivity index (χ3n) is 6.05. The Kier molecular flexibility index (Phi) is 8.02.